The van der Waals surface area contributed by atoms with Gasteiger partial charge in [0.2, 0.25) is 5.76 Å². The number of fused-ring (bicyclic) bond motifs is 2. The first-order valence-electron chi connectivity index (χ1n) is 10.9. The van der Waals surface area contributed by atoms with Crippen LogP contribution in [0.3, 0.4) is 0 Å². The normalized spacial score (nSPS) is 19.1. The summed E-state index contributed by atoms with van der Waals surface area (Å²) in [7, 11) is 0. The first-order chi connectivity index (χ1) is 17.1. The maximum Gasteiger partial charge on any atom is 0.293 e. The predicted octanol–water partition coefficient (Wildman–Crippen LogP) is 4.40. The van der Waals surface area contributed by atoms with Crippen molar-refractivity contribution in [3.63, 3.8) is 0 Å². The van der Waals surface area contributed by atoms with Crippen molar-refractivity contribution in [1.29, 1.82) is 0 Å². The number of ketones is 1. The van der Waals surface area contributed by atoms with E-state index in [-0.39, 0.29) is 30.6 Å². The number of ether oxygens (including phenoxy) is 1. The Morgan fingerprint density at radius 2 is 1.94 bits per heavy atom. The molecule has 1 amide bonds. The highest BCUT2D eigenvalue weighted by atomic mass is 35.5. The Bertz CT molecular complexity index is 1440. The van der Waals surface area contributed by atoms with Crippen LogP contribution in [0.5, 0.6) is 11.5 Å². The number of nitrogens with zero attached hydrogens (tertiary/aromatic N) is 4. The molecule has 6 rings (SSSR count). The van der Waals surface area contributed by atoms with Gasteiger partial charge in [-0.25, -0.2) is 4.99 Å². The van der Waals surface area contributed by atoms with Crippen molar-refractivity contribution in [3.8, 4) is 11.5 Å². The molecule has 9 nitrogen and oxygen atoms in total. The van der Waals surface area contributed by atoms with Crippen LogP contribution in [0.25, 0.3) is 0 Å². The van der Waals surface area contributed by atoms with Gasteiger partial charge in [0.1, 0.15) is 11.5 Å². The predicted molar refractivity (Wildman–Crippen MR) is 126 cm³/mol. The number of aliphatic imine (C=N–C) groups is 1. The Balaban J connectivity index is 1.34. The number of carbonyl (C=O) groups excluding carboxylic acids is 2. The third kappa shape index (κ3) is 3.89. The molecule has 0 spiro atoms. The fraction of sp³-hybridized carbons (Fsp3) is 0.160. The molecule has 0 aliphatic carbocycles. The number of H-pyrrole nitrogens is 1. The Labute approximate surface area is 204 Å². The van der Waals surface area contributed by atoms with Gasteiger partial charge in [-0.15, -0.1) is 0 Å². The molecule has 2 unspecified atom stereocenters. The van der Waals surface area contributed by atoms with Gasteiger partial charge in [0.15, 0.2) is 11.6 Å². The Morgan fingerprint density at radius 1 is 1.09 bits per heavy atom. The molecule has 0 saturated carbocycles. The lowest BCUT2D eigenvalue weighted by molar-refractivity contribution is -0.122. The maximum atomic E-state index is 13.4. The van der Waals surface area contributed by atoms with E-state index in [2.05, 4.69) is 20.3 Å². The SMILES string of the molecule is O=C1CN(C(=O)c2ccno2)CC2=Nc3[nH]ncc3C(c3cccc(Oc4ccc(Cl)cc4)c3)C12. The molecule has 2 aliphatic heterocycles. The number of likely N-dealkylation sites (tertiary alicyclic amines) is 1. The summed E-state index contributed by atoms with van der Waals surface area (Å²) in [5, 5.41) is 11.3. The number of aromatic amines is 1. The van der Waals surface area contributed by atoms with E-state index in [0.717, 1.165) is 11.1 Å². The number of amides is 1. The van der Waals surface area contributed by atoms with Crippen LogP contribution in [0.1, 0.15) is 27.6 Å². The fourth-order valence-corrected chi connectivity index (χ4v) is 4.77. The van der Waals surface area contributed by atoms with Crippen molar-refractivity contribution < 1.29 is 18.8 Å². The fourth-order valence-electron chi connectivity index (χ4n) is 4.64. The summed E-state index contributed by atoms with van der Waals surface area (Å²) in [4.78, 5) is 32.3. The zero-order valence-corrected chi connectivity index (χ0v) is 19.0. The molecule has 2 aliphatic rings. The topological polar surface area (TPSA) is 114 Å². The second-order valence-corrected chi connectivity index (χ2v) is 8.80. The van der Waals surface area contributed by atoms with E-state index in [1.807, 2.05) is 24.3 Å². The van der Waals surface area contributed by atoms with Gasteiger partial charge in [0.25, 0.3) is 5.91 Å². The van der Waals surface area contributed by atoms with Crippen molar-refractivity contribution in [2.45, 2.75) is 5.92 Å². The van der Waals surface area contributed by atoms with Crippen LogP contribution >= 0.6 is 11.6 Å². The minimum absolute atomic E-state index is 0.0477. The van der Waals surface area contributed by atoms with Gasteiger partial charge in [0, 0.05) is 22.6 Å². The summed E-state index contributed by atoms with van der Waals surface area (Å²) in [6, 6.07) is 16.2. The summed E-state index contributed by atoms with van der Waals surface area (Å²) in [5.41, 5.74) is 2.31. The number of rotatable bonds is 4. The van der Waals surface area contributed by atoms with Crippen molar-refractivity contribution in [3.05, 3.63) is 88.9 Å². The number of nitrogens with one attached hydrogen (secondary N) is 1. The summed E-state index contributed by atoms with van der Waals surface area (Å²) < 4.78 is 11.0. The second kappa shape index (κ2) is 8.52. The highest BCUT2D eigenvalue weighted by molar-refractivity contribution is 6.30. The molecule has 2 atom stereocenters. The highest BCUT2D eigenvalue weighted by Gasteiger charge is 2.45. The molecule has 2 aromatic carbocycles. The van der Waals surface area contributed by atoms with Crippen LogP contribution in [0.2, 0.25) is 5.02 Å². The molecule has 0 radical (unpaired) electrons. The minimum atomic E-state index is -0.523. The average Bonchev–Trinajstić information content (AvgIpc) is 3.56. The summed E-state index contributed by atoms with van der Waals surface area (Å²) in [6.45, 7) is 0.153. The molecule has 2 aromatic heterocycles. The van der Waals surface area contributed by atoms with Gasteiger partial charge in [-0.1, -0.05) is 28.9 Å². The van der Waals surface area contributed by atoms with Gasteiger partial charge < -0.3 is 14.2 Å². The van der Waals surface area contributed by atoms with Gasteiger partial charge >= 0.3 is 0 Å². The first-order valence-corrected chi connectivity index (χ1v) is 11.3. The number of hydrogen-bond acceptors (Lipinski definition) is 7. The number of Topliss-reactive ketones (excluding diaryl/α,β-unsaturated/α-hetero) is 1. The van der Waals surface area contributed by atoms with E-state index in [0.29, 0.717) is 28.1 Å². The minimum Gasteiger partial charge on any atom is -0.457 e. The maximum absolute atomic E-state index is 13.4. The van der Waals surface area contributed by atoms with E-state index in [4.69, 9.17) is 20.9 Å². The standard InChI is InChI=1S/C25H18ClN5O4/c26-15-4-6-16(7-5-15)34-17-3-1-2-14(10-17)22-18-11-27-30-24(18)29-19-12-31(13-20(32)23(19)22)25(33)21-8-9-28-35-21/h1-11,22-23H,12-13H2,(H,27,30). The number of hydrogen-bond donors (Lipinski definition) is 1. The molecule has 174 valence electrons. The summed E-state index contributed by atoms with van der Waals surface area (Å²) in [5.74, 6) is 0.586. The smallest absolute Gasteiger partial charge is 0.293 e. The third-order valence-electron chi connectivity index (χ3n) is 6.18. The van der Waals surface area contributed by atoms with Crippen molar-refractivity contribution in [1.82, 2.24) is 20.3 Å². The van der Waals surface area contributed by atoms with Gasteiger partial charge in [-0.05, 0) is 42.0 Å². The van der Waals surface area contributed by atoms with E-state index in [9.17, 15) is 9.59 Å². The molecule has 35 heavy (non-hydrogen) atoms. The van der Waals surface area contributed by atoms with Crippen LogP contribution in [0.4, 0.5) is 5.82 Å². The lowest BCUT2D eigenvalue weighted by Gasteiger charge is -2.38. The molecule has 4 heterocycles. The van der Waals surface area contributed by atoms with Crippen LogP contribution in [0, 0.1) is 5.92 Å². The zero-order valence-electron chi connectivity index (χ0n) is 18.2. The van der Waals surface area contributed by atoms with Crippen molar-refractivity contribution in [2.75, 3.05) is 13.1 Å². The lowest BCUT2D eigenvalue weighted by atomic mass is 9.73. The Kier molecular flexibility index (Phi) is 5.18. The van der Waals surface area contributed by atoms with Gasteiger partial charge in [-0.2, -0.15) is 5.10 Å². The second-order valence-electron chi connectivity index (χ2n) is 8.37. The van der Waals surface area contributed by atoms with Crippen molar-refractivity contribution >= 4 is 34.8 Å². The summed E-state index contributed by atoms with van der Waals surface area (Å²) >= 11 is 5.98. The monoisotopic (exact) mass is 487 g/mol. The Morgan fingerprint density at radius 3 is 2.74 bits per heavy atom. The van der Waals surface area contributed by atoms with E-state index in [1.54, 1.807) is 30.5 Å². The van der Waals surface area contributed by atoms with Gasteiger partial charge in [0.05, 0.1) is 37.1 Å². The highest BCUT2D eigenvalue weighted by Crippen LogP contribution is 2.44. The first kappa shape index (κ1) is 21.3. The molecule has 0 bridgehead atoms. The molecule has 1 fully saturated rings. The number of piperidine rings is 1. The molecule has 1 N–H and O–H groups in total. The van der Waals surface area contributed by atoms with Crippen LogP contribution in [0.15, 0.2) is 76.5 Å². The number of halogens is 1. The van der Waals surface area contributed by atoms with Gasteiger partial charge in [-0.3, -0.25) is 14.7 Å². The van der Waals surface area contributed by atoms with E-state index in [1.165, 1.54) is 17.2 Å². The van der Waals surface area contributed by atoms with Crippen LogP contribution in [-0.4, -0.2) is 50.7 Å². The number of benzene rings is 2. The molecule has 1 saturated heterocycles. The van der Waals surface area contributed by atoms with E-state index >= 15 is 0 Å². The van der Waals surface area contributed by atoms with Crippen molar-refractivity contribution in [2.24, 2.45) is 10.9 Å². The zero-order chi connectivity index (χ0) is 23.9. The third-order valence-corrected chi connectivity index (χ3v) is 6.43. The average molecular weight is 488 g/mol. The number of aromatic nitrogens is 3. The molecule has 10 heteroatoms. The quantitative estimate of drug-likeness (QED) is 0.456. The van der Waals surface area contributed by atoms with Crippen LogP contribution in [-0.2, 0) is 4.79 Å². The molecular weight excluding hydrogens is 470 g/mol. The Hall–Kier alpha value is -4.24. The summed E-state index contributed by atoms with van der Waals surface area (Å²) in [6.07, 6.45) is 3.10. The largest absolute Gasteiger partial charge is 0.457 e. The molecule has 4 aromatic rings. The van der Waals surface area contributed by atoms with E-state index < -0.39 is 11.8 Å². The molecular formula is C25H18ClN5O4. The lowest BCUT2D eigenvalue weighted by Crippen LogP contribution is -2.52. The van der Waals surface area contributed by atoms with Crippen LogP contribution < -0.4 is 4.74 Å². The number of carbonyl (C=O) groups is 2.